The number of nitrogens with zero attached hydrogens (tertiary/aromatic N) is 1. The molecule has 0 saturated carbocycles. The molecule has 0 rings (SSSR count). The van der Waals surface area contributed by atoms with Crippen molar-refractivity contribution in [1.82, 2.24) is 5.23 Å². The maximum absolute atomic E-state index is 11.7. The van der Waals surface area contributed by atoms with E-state index in [0.717, 1.165) is 0 Å². The standard InChI is InChI=1S/C12H22N4O8/c13-5-6-16(23-11(21)7(14)1-3-9(17)18)24-12(22)8(15)2-4-10(19)20/h7-8H,1-6,13-15H2,(H,17,18)(H,19,20)/t7-,8-/m1/s1. The summed E-state index contributed by atoms with van der Waals surface area (Å²) in [7, 11) is 0. The Labute approximate surface area is 137 Å². The van der Waals surface area contributed by atoms with Crippen LogP contribution < -0.4 is 17.2 Å². The van der Waals surface area contributed by atoms with Gasteiger partial charge in [-0.05, 0) is 12.8 Å². The van der Waals surface area contributed by atoms with E-state index < -0.39 is 36.0 Å². The number of aliphatic carboxylic acids is 2. The fraction of sp³-hybridized carbons (Fsp3) is 0.667. The molecule has 0 aromatic rings. The van der Waals surface area contributed by atoms with Crippen LogP contribution in [-0.4, -0.2) is 64.5 Å². The summed E-state index contributed by atoms with van der Waals surface area (Å²) in [5.41, 5.74) is 16.2. The highest BCUT2D eigenvalue weighted by Gasteiger charge is 2.25. The van der Waals surface area contributed by atoms with Crippen molar-refractivity contribution in [3.63, 3.8) is 0 Å². The molecular weight excluding hydrogens is 328 g/mol. The van der Waals surface area contributed by atoms with Crippen LogP contribution in [0.1, 0.15) is 25.7 Å². The van der Waals surface area contributed by atoms with Crippen LogP contribution in [-0.2, 0) is 28.9 Å². The molecule has 138 valence electrons. The molecule has 0 fully saturated rings. The fourth-order valence-electron chi connectivity index (χ4n) is 1.35. The van der Waals surface area contributed by atoms with Crippen LogP contribution in [0.25, 0.3) is 0 Å². The van der Waals surface area contributed by atoms with Gasteiger partial charge in [0.05, 0.1) is 6.54 Å². The van der Waals surface area contributed by atoms with Crippen molar-refractivity contribution in [2.75, 3.05) is 13.1 Å². The molecule has 8 N–H and O–H groups in total. The first-order chi connectivity index (χ1) is 11.2. The summed E-state index contributed by atoms with van der Waals surface area (Å²) in [5.74, 6) is -4.30. The van der Waals surface area contributed by atoms with Gasteiger partial charge in [-0.2, -0.15) is 0 Å². The van der Waals surface area contributed by atoms with Crippen molar-refractivity contribution >= 4 is 23.9 Å². The molecule has 0 radical (unpaired) electrons. The minimum absolute atomic E-state index is 0.0463. The summed E-state index contributed by atoms with van der Waals surface area (Å²) < 4.78 is 0. The Morgan fingerprint density at radius 1 is 0.875 bits per heavy atom. The third-order valence-corrected chi connectivity index (χ3v) is 2.64. The summed E-state index contributed by atoms with van der Waals surface area (Å²) in [6.45, 7) is -0.232. The van der Waals surface area contributed by atoms with Gasteiger partial charge in [-0.1, -0.05) is 0 Å². The van der Waals surface area contributed by atoms with Crippen LogP contribution in [0, 0.1) is 0 Å². The molecule has 12 heteroatoms. The lowest BCUT2D eigenvalue weighted by molar-refractivity contribution is -0.325. The molecule has 0 aliphatic rings. The van der Waals surface area contributed by atoms with E-state index in [1.807, 2.05) is 0 Å². The lowest BCUT2D eigenvalue weighted by Gasteiger charge is -2.22. The third kappa shape index (κ3) is 9.68. The maximum Gasteiger partial charge on any atom is 0.345 e. The molecule has 24 heavy (non-hydrogen) atoms. The van der Waals surface area contributed by atoms with Crippen molar-refractivity contribution in [1.29, 1.82) is 0 Å². The molecule has 0 saturated heterocycles. The van der Waals surface area contributed by atoms with Crippen LogP contribution in [0.15, 0.2) is 0 Å². The van der Waals surface area contributed by atoms with E-state index in [9.17, 15) is 19.2 Å². The molecule has 0 aromatic heterocycles. The van der Waals surface area contributed by atoms with E-state index in [0.29, 0.717) is 5.23 Å². The number of nitrogens with two attached hydrogens (primary N) is 3. The smallest absolute Gasteiger partial charge is 0.345 e. The molecule has 0 aliphatic carbocycles. The molecule has 0 aromatic carbocycles. The number of carbonyl (C=O) groups excluding carboxylic acids is 2. The third-order valence-electron chi connectivity index (χ3n) is 2.64. The minimum Gasteiger partial charge on any atom is -0.481 e. The Kier molecular flexibility index (Phi) is 10.2. The van der Waals surface area contributed by atoms with E-state index in [1.54, 1.807) is 0 Å². The molecule has 0 bridgehead atoms. The zero-order valence-corrected chi connectivity index (χ0v) is 12.9. The Bertz CT molecular complexity index is 420. The molecular formula is C12H22N4O8. The van der Waals surface area contributed by atoms with E-state index >= 15 is 0 Å². The molecule has 0 spiro atoms. The van der Waals surface area contributed by atoms with Crippen LogP contribution in [0.2, 0.25) is 0 Å². The lowest BCUT2D eigenvalue weighted by Crippen LogP contribution is -2.44. The van der Waals surface area contributed by atoms with Gasteiger partial charge in [-0.3, -0.25) is 9.59 Å². The van der Waals surface area contributed by atoms with E-state index in [4.69, 9.17) is 37.1 Å². The van der Waals surface area contributed by atoms with E-state index in [-0.39, 0.29) is 38.8 Å². The number of rotatable bonds is 12. The predicted octanol–water partition coefficient (Wildman–Crippen LogP) is -2.45. The Hall–Kier alpha value is -2.28. The van der Waals surface area contributed by atoms with Gasteiger partial charge < -0.3 is 37.1 Å². The van der Waals surface area contributed by atoms with Gasteiger partial charge in [0.2, 0.25) is 0 Å². The monoisotopic (exact) mass is 350 g/mol. The number of carbonyl (C=O) groups is 4. The summed E-state index contributed by atoms with van der Waals surface area (Å²) >= 11 is 0. The topological polar surface area (TPSA) is 208 Å². The van der Waals surface area contributed by atoms with Gasteiger partial charge in [0.25, 0.3) is 0 Å². The summed E-state index contributed by atoms with van der Waals surface area (Å²) in [4.78, 5) is 53.6. The summed E-state index contributed by atoms with van der Waals surface area (Å²) in [5, 5.41) is 17.5. The van der Waals surface area contributed by atoms with Crippen molar-refractivity contribution in [2.45, 2.75) is 37.8 Å². The highest BCUT2D eigenvalue weighted by molar-refractivity contribution is 5.77. The second kappa shape index (κ2) is 11.3. The normalized spacial score (nSPS) is 13.2. The minimum atomic E-state index is -1.24. The van der Waals surface area contributed by atoms with E-state index in [1.165, 1.54) is 0 Å². The fourth-order valence-corrected chi connectivity index (χ4v) is 1.35. The van der Waals surface area contributed by atoms with Crippen LogP contribution in [0.5, 0.6) is 0 Å². The van der Waals surface area contributed by atoms with Gasteiger partial charge in [0.1, 0.15) is 12.1 Å². The quantitative estimate of drug-likeness (QED) is 0.232. The molecule has 0 heterocycles. The van der Waals surface area contributed by atoms with Gasteiger partial charge in [0, 0.05) is 24.6 Å². The van der Waals surface area contributed by atoms with Crippen LogP contribution in [0.3, 0.4) is 0 Å². The average Bonchev–Trinajstić information content (AvgIpc) is 2.49. The number of hydrogen-bond acceptors (Lipinski definition) is 10. The first-order valence-corrected chi connectivity index (χ1v) is 7.03. The largest absolute Gasteiger partial charge is 0.481 e. The SMILES string of the molecule is NCCN(OC(=O)[C@H](N)CCC(=O)O)OC(=O)[C@H](N)CCC(=O)O. The Balaban J connectivity index is 4.51. The molecule has 0 amide bonds. The highest BCUT2D eigenvalue weighted by Crippen LogP contribution is 2.04. The van der Waals surface area contributed by atoms with Crippen molar-refractivity contribution < 1.29 is 39.1 Å². The average molecular weight is 350 g/mol. The zero-order chi connectivity index (χ0) is 18.7. The predicted molar refractivity (Wildman–Crippen MR) is 77.6 cm³/mol. The lowest BCUT2D eigenvalue weighted by atomic mass is 10.2. The second-order valence-corrected chi connectivity index (χ2v) is 4.74. The first kappa shape index (κ1) is 21.7. The molecule has 0 unspecified atom stereocenters. The van der Waals surface area contributed by atoms with Gasteiger partial charge >= 0.3 is 23.9 Å². The number of hydrogen-bond donors (Lipinski definition) is 5. The van der Waals surface area contributed by atoms with Gasteiger partial charge in [-0.25, -0.2) is 9.59 Å². The van der Waals surface area contributed by atoms with Crippen molar-refractivity contribution in [2.24, 2.45) is 17.2 Å². The molecule has 0 aliphatic heterocycles. The maximum atomic E-state index is 11.7. The van der Waals surface area contributed by atoms with Crippen LogP contribution in [0.4, 0.5) is 0 Å². The van der Waals surface area contributed by atoms with Gasteiger partial charge in [-0.15, -0.1) is 0 Å². The van der Waals surface area contributed by atoms with Crippen LogP contribution >= 0.6 is 0 Å². The molecule has 12 nitrogen and oxygen atoms in total. The first-order valence-electron chi connectivity index (χ1n) is 7.03. The van der Waals surface area contributed by atoms with E-state index in [2.05, 4.69) is 0 Å². The Morgan fingerprint density at radius 2 is 1.25 bits per heavy atom. The van der Waals surface area contributed by atoms with Gasteiger partial charge in [0.15, 0.2) is 0 Å². The van der Waals surface area contributed by atoms with Crippen molar-refractivity contribution in [3.8, 4) is 0 Å². The number of carboxylic acids is 2. The Morgan fingerprint density at radius 3 is 1.54 bits per heavy atom. The highest BCUT2D eigenvalue weighted by atomic mass is 17.0. The number of hydroxylamine groups is 2. The molecule has 2 atom stereocenters. The second-order valence-electron chi connectivity index (χ2n) is 4.74. The van der Waals surface area contributed by atoms with Crippen molar-refractivity contribution in [3.05, 3.63) is 0 Å². The number of carboxylic acid groups (broad SMARTS) is 2. The summed E-state index contributed by atoms with van der Waals surface area (Å²) in [6.07, 6.45) is -1.02. The zero-order valence-electron chi connectivity index (χ0n) is 12.9. The summed E-state index contributed by atoms with van der Waals surface area (Å²) in [6, 6.07) is -2.47.